The van der Waals surface area contributed by atoms with Gasteiger partial charge in [-0.1, -0.05) is 0 Å². The molecule has 0 amide bonds. The first-order valence-corrected chi connectivity index (χ1v) is 10.1. The van der Waals surface area contributed by atoms with Crippen LogP contribution >= 0.6 is 24.0 Å². The lowest BCUT2D eigenvalue weighted by Gasteiger charge is -2.36. The molecule has 176 valence electrons. The van der Waals surface area contributed by atoms with E-state index in [1.54, 1.807) is 18.3 Å². The standard InChI is InChI=1S/C21H26F4N6.HI/c1-26-20(28-9-7-21(23,24)25)29-15-16-6-8-27-19(14-16)31-12-10-30(11-13-31)18-4-2-17(22)3-5-18;/h2-6,8,14H,7,9-13,15H2,1H3,(H2,26,28,29);1H. The number of hydrogen-bond acceptors (Lipinski definition) is 4. The third-order valence-electron chi connectivity index (χ3n) is 4.99. The van der Waals surface area contributed by atoms with Crippen LogP contribution < -0.4 is 20.4 Å². The molecule has 1 aromatic heterocycles. The highest BCUT2D eigenvalue weighted by molar-refractivity contribution is 14.0. The molecule has 0 unspecified atom stereocenters. The van der Waals surface area contributed by atoms with E-state index in [4.69, 9.17) is 0 Å². The van der Waals surface area contributed by atoms with Gasteiger partial charge in [0.25, 0.3) is 0 Å². The highest BCUT2D eigenvalue weighted by Crippen LogP contribution is 2.20. The summed E-state index contributed by atoms with van der Waals surface area (Å²) in [6, 6.07) is 10.3. The van der Waals surface area contributed by atoms with Gasteiger partial charge in [-0.25, -0.2) is 9.37 Å². The molecule has 2 N–H and O–H groups in total. The lowest BCUT2D eigenvalue weighted by molar-refractivity contribution is -0.132. The quantitative estimate of drug-likeness (QED) is 0.242. The van der Waals surface area contributed by atoms with Gasteiger partial charge in [0, 0.05) is 58.2 Å². The molecule has 11 heteroatoms. The lowest BCUT2D eigenvalue weighted by atomic mass is 10.2. The van der Waals surface area contributed by atoms with E-state index in [0.717, 1.165) is 43.2 Å². The number of alkyl halides is 3. The van der Waals surface area contributed by atoms with Crippen LogP contribution in [0.2, 0.25) is 0 Å². The van der Waals surface area contributed by atoms with E-state index >= 15 is 0 Å². The number of benzene rings is 1. The van der Waals surface area contributed by atoms with Crippen LogP contribution in [0.4, 0.5) is 29.1 Å². The third-order valence-corrected chi connectivity index (χ3v) is 4.99. The lowest BCUT2D eigenvalue weighted by Crippen LogP contribution is -2.46. The molecule has 0 atom stereocenters. The van der Waals surface area contributed by atoms with Crippen LogP contribution in [0.3, 0.4) is 0 Å². The molecule has 0 saturated carbocycles. The number of hydrogen-bond donors (Lipinski definition) is 2. The third kappa shape index (κ3) is 7.99. The van der Waals surface area contributed by atoms with E-state index in [1.807, 2.05) is 12.1 Å². The molecule has 0 aliphatic carbocycles. The van der Waals surface area contributed by atoms with Crippen molar-refractivity contribution in [1.82, 2.24) is 15.6 Å². The zero-order chi connectivity index (χ0) is 22.3. The van der Waals surface area contributed by atoms with Gasteiger partial charge in [0.05, 0.1) is 6.42 Å². The van der Waals surface area contributed by atoms with E-state index in [0.29, 0.717) is 12.5 Å². The first kappa shape index (κ1) is 25.9. The van der Waals surface area contributed by atoms with Gasteiger partial charge in [-0.05, 0) is 42.0 Å². The van der Waals surface area contributed by atoms with E-state index in [1.165, 1.54) is 19.2 Å². The van der Waals surface area contributed by atoms with Crippen LogP contribution in [-0.4, -0.2) is 56.9 Å². The maximum Gasteiger partial charge on any atom is 0.390 e. The molecule has 0 radical (unpaired) electrons. The Hall–Kier alpha value is -2.31. The van der Waals surface area contributed by atoms with Gasteiger partial charge in [-0.2, -0.15) is 13.2 Å². The summed E-state index contributed by atoms with van der Waals surface area (Å²) in [5, 5.41) is 5.68. The highest BCUT2D eigenvalue weighted by atomic mass is 127. The maximum atomic E-state index is 13.1. The second kappa shape index (κ2) is 12.1. The van der Waals surface area contributed by atoms with Crippen molar-refractivity contribution in [2.24, 2.45) is 4.99 Å². The van der Waals surface area contributed by atoms with Crippen molar-refractivity contribution in [2.45, 2.75) is 19.1 Å². The zero-order valence-corrected chi connectivity index (χ0v) is 20.0. The van der Waals surface area contributed by atoms with Crippen LogP contribution in [0.15, 0.2) is 47.6 Å². The molecule has 2 aromatic rings. The van der Waals surface area contributed by atoms with Crippen LogP contribution in [-0.2, 0) is 6.54 Å². The molecule has 2 heterocycles. The van der Waals surface area contributed by atoms with Crippen molar-refractivity contribution in [3.63, 3.8) is 0 Å². The van der Waals surface area contributed by atoms with Gasteiger partial charge in [0.2, 0.25) is 0 Å². The molecule has 1 aromatic carbocycles. The van der Waals surface area contributed by atoms with Crippen LogP contribution in [0.1, 0.15) is 12.0 Å². The molecule has 1 fully saturated rings. The fourth-order valence-electron chi connectivity index (χ4n) is 3.32. The number of nitrogens with zero attached hydrogens (tertiary/aromatic N) is 4. The minimum Gasteiger partial charge on any atom is -0.368 e. The van der Waals surface area contributed by atoms with Gasteiger partial charge in [0.1, 0.15) is 11.6 Å². The van der Waals surface area contributed by atoms with Crippen LogP contribution in [0.5, 0.6) is 0 Å². The fourth-order valence-corrected chi connectivity index (χ4v) is 3.32. The average molecular weight is 566 g/mol. The molecule has 3 rings (SSSR count). The average Bonchev–Trinajstić information content (AvgIpc) is 2.76. The molecule has 1 saturated heterocycles. The zero-order valence-electron chi connectivity index (χ0n) is 17.7. The Morgan fingerprint density at radius 1 is 1.03 bits per heavy atom. The molecular formula is C21H27F4IN6. The molecule has 6 nitrogen and oxygen atoms in total. The molecule has 1 aliphatic heterocycles. The number of nitrogens with one attached hydrogen (secondary N) is 2. The Bertz CT molecular complexity index is 867. The summed E-state index contributed by atoms with van der Waals surface area (Å²) >= 11 is 0. The van der Waals surface area contributed by atoms with Gasteiger partial charge in [-0.3, -0.25) is 4.99 Å². The topological polar surface area (TPSA) is 55.8 Å². The summed E-state index contributed by atoms with van der Waals surface area (Å²) in [6.45, 7) is 3.33. The number of guanidine groups is 1. The second-order valence-electron chi connectivity index (χ2n) is 7.19. The van der Waals surface area contributed by atoms with Gasteiger partial charge in [0.15, 0.2) is 5.96 Å². The van der Waals surface area contributed by atoms with Crippen molar-refractivity contribution in [2.75, 3.05) is 49.6 Å². The van der Waals surface area contributed by atoms with Crippen molar-refractivity contribution < 1.29 is 17.6 Å². The van der Waals surface area contributed by atoms with Crippen molar-refractivity contribution in [1.29, 1.82) is 0 Å². The summed E-state index contributed by atoms with van der Waals surface area (Å²) < 4.78 is 50.0. The number of anilines is 2. The number of aromatic nitrogens is 1. The van der Waals surface area contributed by atoms with E-state index < -0.39 is 12.6 Å². The van der Waals surface area contributed by atoms with Crippen LogP contribution in [0, 0.1) is 5.82 Å². The Labute approximate surface area is 202 Å². The Morgan fingerprint density at radius 3 is 2.31 bits per heavy atom. The summed E-state index contributed by atoms with van der Waals surface area (Å²) in [4.78, 5) is 12.8. The minimum atomic E-state index is -4.20. The van der Waals surface area contributed by atoms with Gasteiger partial charge >= 0.3 is 6.18 Å². The Balaban J connectivity index is 0.00000363. The molecule has 0 spiro atoms. The predicted octanol–water partition coefficient (Wildman–Crippen LogP) is 3.78. The monoisotopic (exact) mass is 566 g/mol. The normalized spacial score (nSPS) is 14.7. The Morgan fingerprint density at radius 2 is 1.69 bits per heavy atom. The number of pyridine rings is 1. The number of aliphatic imine (C=N–C) groups is 1. The maximum absolute atomic E-state index is 13.1. The number of rotatable bonds is 6. The highest BCUT2D eigenvalue weighted by Gasteiger charge is 2.26. The summed E-state index contributed by atoms with van der Waals surface area (Å²) in [5.41, 5.74) is 1.95. The van der Waals surface area contributed by atoms with E-state index in [-0.39, 0.29) is 36.3 Å². The second-order valence-corrected chi connectivity index (χ2v) is 7.19. The summed E-state index contributed by atoms with van der Waals surface area (Å²) in [5.74, 6) is 0.914. The molecule has 0 bridgehead atoms. The van der Waals surface area contributed by atoms with Crippen LogP contribution in [0.25, 0.3) is 0 Å². The van der Waals surface area contributed by atoms with E-state index in [9.17, 15) is 17.6 Å². The molecular weight excluding hydrogens is 539 g/mol. The largest absolute Gasteiger partial charge is 0.390 e. The first-order valence-electron chi connectivity index (χ1n) is 10.1. The smallest absolute Gasteiger partial charge is 0.368 e. The summed E-state index contributed by atoms with van der Waals surface area (Å²) in [7, 11) is 1.52. The molecule has 1 aliphatic rings. The number of piperazine rings is 1. The van der Waals surface area contributed by atoms with Crippen molar-refractivity contribution >= 4 is 41.4 Å². The fraction of sp³-hybridized carbons (Fsp3) is 0.429. The predicted molar refractivity (Wildman–Crippen MR) is 129 cm³/mol. The SMILES string of the molecule is CN=C(NCCC(F)(F)F)NCc1ccnc(N2CCN(c3ccc(F)cc3)CC2)c1.I. The van der Waals surface area contributed by atoms with E-state index in [2.05, 4.69) is 30.4 Å². The minimum absolute atomic E-state index is 0. The number of halogens is 5. The van der Waals surface area contributed by atoms with Crippen molar-refractivity contribution in [3.05, 3.63) is 54.0 Å². The first-order chi connectivity index (χ1) is 14.8. The van der Waals surface area contributed by atoms with Gasteiger partial charge in [-0.15, -0.1) is 24.0 Å². The van der Waals surface area contributed by atoms with Crippen molar-refractivity contribution in [3.8, 4) is 0 Å². The Kier molecular flexibility index (Phi) is 9.79. The van der Waals surface area contributed by atoms with Gasteiger partial charge < -0.3 is 20.4 Å². The summed E-state index contributed by atoms with van der Waals surface area (Å²) in [6.07, 6.45) is -3.40. The molecule has 32 heavy (non-hydrogen) atoms.